The normalized spacial score (nSPS) is 17.0. The molecule has 1 aromatic carbocycles. The molecule has 0 bridgehead atoms. The summed E-state index contributed by atoms with van der Waals surface area (Å²) in [5, 5.41) is 2.79. The first kappa shape index (κ1) is 19.4. The van der Waals surface area contributed by atoms with Crippen LogP contribution in [0.1, 0.15) is 40.4 Å². The molecule has 6 heteroatoms. The smallest absolute Gasteiger partial charge is 0.349 e. The lowest BCUT2D eigenvalue weighted by Crippen LogP contribution is -2.29. The Labute approximate surface area is 164 Å². The van der Waals surface area contributed by atoms with Crippen molar-refractivity contribution in [3.8, 4) is 0 Å². The molecular weight excluding hydrogens is 360 g/mol. The van der Waals surface area contributed by atoms with Gasteiger partial charge in [0.15, 0.2) is 6.10 Å². The molecule has 0 radical (unpaired) electrons. The second-order valence-corrected chi connectivity index (χ2v) is 8.52. The second kappa shape index (κ2) is 8.13. The number of fused-ring (bicyclic) bond motifs is 1. The van der Waals surface area contributed by atoms with Crippen molar-refractivity contribution in [2.75, 3.05) is 24.3 Å². The number of benzene rings is 1. The van der Waals surface area contributed by atoms with Gasteiger partial charge in [-0.1, -0.05) is 6.92 Å². The van der Waals surface area contributed by atoms with Gasteiger partial charge in [0, 0.05) is 30.3 Å². The van der Waals surface area contributed by atoms with Gasteiger partial charge < -0.3 is 15.0 Å². The Bertz CT molecular complexity index is 826. The number of esters is 1. The molecule has 1 aromatic heterocycles. The van der Waals surface area contributed by atoms with E-state index in [2.05, 4.69) is 12.2 Å². The number of carbonyl (C=O) groups excluding carboxylic acids is 2. The highest BCUT2D eigenvalue weighted by Crippen LogP contribution is 2.32. The Kier molecular flexibility index (Phi) is 5.85. The summed E-state index contributed by atoms with van der Waals surface area (Å²) in [4.78, 5) is 28.6. The molecule has 0 unspecified atom stereocenters. The molecule has 3 rings (SSSR count). The fourth-order valence-electron chi connectivity index (χ4n) is 3.17. The van der Waals surface area contributed by atoms with Crippen LogP contribution in [0.25, 0.3) is 0 Å². The molecule has 0 spiro atoms. The number of ether oxygens (including phenoxy) is 1. The molecule has 1 N–H and O–H groups in total. The lowest BCUT2D eigenvalue weighted by atomic mass is 9.90. The second-order valence-electron chi connectivity index (χ2n) is 7.39. The number of hydrogen-bond donors (Lipinski definition) is 1. The van der Waals surface area contributed by atoms with Crippen LogP contribution in [-0.2, 0) is 22.4 Å². The van der Waals surface area contributed by atoms with Crippen molar-refractivity contribution in [3.63, 3.8) is 0 Å². The number of rotatable bonds is 5. The molecule has 1 aliphatic rings. The van der Waals surface area contributed by atoms with Crippen molar-refractivity contribution >= 4 is 34.6 Å². The number of hydrogen-bond acceptors (Lipinski definition) is 5. The first-order valence-corrected chi connectivity index (χ1v) is 10.1. The molecule has 5 nitrogen and oxygen atoms in total. The van der Waals surface area contributed by atoms with Crippen LogP contribution >= 0.6 is 11.3 Å². The summed E-state index contributed by atoms with van der Waals surface area (Å²) >= 11 is 1.50. The van der Waals surface area contributed by atoms with Crippen molar-refractivity contribution < 1.29 is 14.3 Å². The van der Waals surface area contributed by atoms with E-state index in [0.717, 1.165) is 24.9 Å². The molecule has 2 atom stereocenters. The maximum Gasteiger partial charge on any atom is 0.349 e. The maximum atomic E-state index is 12.4. The van der Waals surface area contributed by atoms with E-state index in [1.54, 1.807) is 6.92 Å². The van der Waals surface area contributed by atoms with Gasteiger partial charge in [-0.2, -0.15) is 0 Å². The number of nitrogens with zero attached hydrogens (tertiary/aromatic N) is 1. The zero-order chi connectivity index (χ0) is 19.6. The number of amides is 1. The molecular formula is C21H26N2O3S. The Balaban J connectivity index is 1.58. The third-order valence-corrected chi connectivity index (χ3v) is 6.05. The topological polar surface area (TPSA) is 58.6 Å². The van der Waals surface area contributed by atoms with Crippen molar-refractivity contribution in [2.24, 2.45) is 5.92 Å². The Morgan fingerprint density at radius 1 is 1.26 bits per heavy atom. The number of aryl methyl sites for hydroxylation is 1. The summed E-state index contributed by atoms with van der Waals surface area (Å²) in [6.07, 6.45) is 2.34. The first-order chi connectivity index (χ1) is 12.8. The van der Waals surface area contributed by atoms with Crippen molar-refractivity contribution in [1.82, 2.24) is 0 Å². The Morgan fingerprint density at radius 3 is 2.63 bits per heavy atom. The zero-order valence-corrected chi connectivity index (χ0v) is 17.1. The van der Waals surface area contributed by atoms with E-state index >= 15 is 0 Å². The van der Waals surface area contributed by atoms with Gasteiger partial charge in [0.05, 0.1) is 0 Å². The number of thiophene rings is 1. The van der Waals surface area contributed by atoms with Crippen LogP contribution in [-0.4, -0.2) is 32.1 Å². The number of nitrogens with one attached hydrogen (secondary N) is 1. The van der Waals surface area contributed by atoms with Crippen LogP contribution in [0.3, 0.4) is 0 Å². The lowest BCUT2D eigenvalue weighted by Gasteiger charge is -2.16. The standard InChI is InChI=1S/C21H26N2O3S/c1-13-5-10-18-15(11-13)12-19(27-18)21(25)26-14(2)20(24)22-16-6-8-17(9-7-16)23(3)4/h6-9,12-14H,5,10-11H2,1-4H3,(H,22,24)/t13-,14+/m1/s1. The van der Waals surface area contributed by atoms with Gasteiger partial charge in [0.2, 0.25) is 0 Å². The average Bonchev–Trinajstić information content (AvgIpc) is 3.05. The molecule has 0 saturated carbocycles. The fourth-order valence-corrected chi connectivity index (χ4v) is 4.26. The molecule has 1 heterocycles. The van der Waals surface area contributed by atoms with Crippen molar-refractivity contribution in [3.05, 3.63) is 45.6 Å². The van der Waals surface area contributed by atoms with E-state index in [0.29, 0.717) is 16.5 Å². The predicted octanol–water partition coefficient (Wildman–Crippen LogP) is 4.12. The van der Waals surface area contributed by atoms with Crippen LogP contribution < -0.4 is 10.2 Å². The van der Waals surface area contributed by atoms with Gasteiger partial charge >= 0.3 is 5.97 Å². The van der Waals surface area contributed by atoms with Crippen LogP contribution in [0.4, 0.5) is 11.4 Å². The first-order valence-electron chi connectivity index (χ1n) is 9.24. The number of carbonyl (C=O) groups is 2. The van der Waals surface area contributed by atoms with Crippen molar-refractivity contribution in [2.45, 2.75) is 39.2 Å². The minimum absolute atomic E-state index is 0.337. The maximum absolute atomic E-state index is 12.4. The molecule has 0 aliphatic heterocycles. The Hall–Kier alpha value is -2.34. The predicted molar refractivity (Wildman–Crippen MR) is 110 cm³/mol. The molecule has 2 aromatic rings. The molecule has 144 valence electrons. The molecule has 27 heavy (non-hydrogen) atoms. The summed E-state index contributed by atoms with van der Waals surface area (Å²) in [5.41, 5.74) is 2.97. The van der Waals surface area contributed by atoms with Gasteiger partial charge in [-0.05, 0) is 68.0 Å². The molecule has 0 saturated heterocycles. The van der Waals surface area contributed by atoms with Crippen LogP contribution in [0.15, 0.2) is 30.3 Å². The summed E-state index contributed by atoms with van der Waals surface area (Å²) in [6, 6.07) is 9.43. The minimum atomic E-state index is -0.857. The highest BCUT2D eigenvalue weighted by atomic mass is 32.1. The van der Waals surface area contributed by atoms with Gasteiger partial charge in [-0.3, -0.25) is 4.79 Å². The van der Waals surface area contributed by atoms with E-state index in [-0.39, 0.29) is 5.91 Å². The third-order valence-electron chi connectivity index (χ3n) is 4.83. The highest BCUT2D eigenvalue weighted by Gasteiger charge is 2.24. The molecule has 1 aliphatic carbocycles. The largest absolute Gasteiger partial charge is 0.448 e. The molecule has 0 fully saturated rings. The van der Waals surface area contributed by atoms with Crippen LogP contribution in [0.5, 0.6) is 0 Å². The third kappa shape index (κ3) is 4.69. The van der Waals surface area contributed by atoms with Gasteiger partial charge in [0.25, 0.3) is 5.91 Å². The van der Waals surface area contributed by atoms with Gasteiger partial charge in [-0.15, -0.1) is 11.3 Å². The molecule has 1 amide bonds. The summed E-state index contributed by atoms with van der Waals surface area (Å²) < 4.78 is 5.39. The average molecular weight is 387 g/mol. The Morgan fingerprint density at radius 2 is 1.96 bits per heavy atom. The lowest BCUT2D eigenvalue weighted by molar-refractivity contribution is -0.123. The quantitative estimate of drug-likeness (QED) is 0.785. The van der Waals surface area contributed by atoms with E-state index in [1.807, 2.05) is 49.3 Å². The minimum Gasteiger partial charge on any atom is -0.448 e. The van der Waals surface area contributed by atoms with Gasteiger partial charge in [-0.25, -0.2) is 4.79 Å². The summed E-state index contributed by atoms with van der Waals surface area (Å²) in [6.45, 7) is 3.83. The monoisotopic (exact) mass is 386 g/mol. The SMILES string of the molecule is C[C@@H]1CCc2sc(C(=O)O[C@@H](C)C(=O)Nc3ccc(N(C)C)cc3)cc2C1. The van der Waals surface area contributed by atoms with Gasteiger partial charge in [0.1, 0.15) is 4.88 Å². The van der Waals surface area contributed by atoms with E-state index in [4.69, 9.17) is 4.74 Å². The number of anilines is 2. The summed E-state index contributed by atoms with van der Waals surface area (Å²) in [7, 11) is 3.91. The van der Waals surface area contributed by atoms with E-state index in [9.17, 15) is 9.59 Å². The summed E-state index contributed by atoms with van der Waals surface area (Å²) in [5.74, 6) is -0.108. The zero-order valence-electron chi connectivity index (χ0n) is 16.2. The van der Waals surface area contributed by atoms with Crippen LogP contribution in [0, 0.1) is 5.92 Å². The van der Waals surface area contributed by atoms with E-state index < -0.39 is 12.1 Å². The van der Waals surface area contributed by atoms with Crippen LogP contribution in [0.2, 0.25) is 0 Å². The fraction of sp³-hybridized carbons (Fsp3) is 0.429. The van der Waals surface area contributed by atoms with Crippen molar-refractivity contribution in [1.29, 1.82) is 0 Å². The highest BCUT2D eigenvalue weighted by molar-refractivity contribution is 7.14. The van der Waals surface area contributed by atoms with E-state index in [1.165, 1.54) is 21.8 Å².